The van der Waals surface area contributed by atoms with E-state index in [9.17, 15) is 0 Å². The van der Waals surface area contributed by atoms with Crippen LogP contribution in [-0.4, -0.2) is 0 Å². The van der Waals surface area contributed by atoms with Crippen LogP contribution in [0.25, 0.3) is 0 Å². The predicted molar refractivity (Wildman–Crippen MR) is 66.0 cm³/mol. The largest absolute Gasteiger partial charge is 0.103 e. The van der Waals surface area contributed by atoms with Crippen molar-refractivity contribution in [1.29, 1.82) is 0 Å². The molecule has 0 fully saturated rings. The zero-order valence-electron chi connectivity index (χ0n) is 8.73. The first-order valence-electron chi connectivity index (χ1n) is 4.97. The van der Waals surface area contributed by atoms with E-state index in [1.165, 1.54) is 0 Å². The summed E-state index contributed by atoms with van der Waals surface area (Å²) in [6, 6.07) is 0. The molecule has 0 rings (SSSR count). The Hall–Kier alpha value is -1.30. The Bertz CT molecular complexity index is 226. The zero-order valence-corrected chi connectivity index (χ0v) is 8.73. The van der Waals surface area contributed by atoms with Crippen molar-refractivity contribution >= 4 is 0 Å². The van der Waals surface area contributed by atoms with Gasteiger partial charge in [-0.3, -0.25) is 0 Å². The molecule has 0 saturated carbocycles. The first kappa shape index (κ1) is 12.7. The smallest absolute Gasteiger partial charge is 0.0169 e. The number of rotatable bonds is 7. The van der Waals surface area contributed by atoms with E-state index >= 15 is 0 Å². The van der Waals surface area contributed by atoms with E-state index in [1.807, 2.05) is 42.5 Å². The van der Waals surface area contributed by atoms with E-state index in [0.717, 1.165) is 19.3 Å². The van der Waals surface area contributed by atoms with Crippen LogP contribution in [0.1, 0.15) is 19.3 Å². The Morgan fingerprint density at radius 3 is 1.93 bits per heavy atom. The fraction of sp³-hybridized carbons (Fsp3) is 0.214. The van der Waals surface area contributed by atoms with Crippen LogP contribution < -0.4 is 0 Å². The molecule has 0 aliphatic carbocycles. The van der Waals surface area contributed by atoms with Gasteiger partial charge in [0.1, 0.15) is 0 Å². The highest BCUT2D eigenvalue weighted by atomic mass is 13.8. The van der Waals surface area contributed by atoms with E-state index < -0.39 is 0 Å². The van der Waals surface area contributed by atoms with Crippen LogP contribution in [0.3, 0.4) is 0 Å². The molecule has 0 saturated heterocycles. The summed E-state index contributed by atoms with van der Waals surface area (Å²) >= 11 is 0. The first-order valence-corrected chi connectivity index (χ1v) is 4.97. The van der Waals surface area contributed by atoms with Crippen molar-refractivity contribution in [2.45, 2.75) is 19.3 Å². The quantitative estimate of drug-likeness (QED) is 0.409. The molecule has 0 amide bonds. The molecule has 0 nitrogen and oxygen atoms in total. The van der Waals surface area contributed by atoms with E-state index in [0.29, 0.717) is 0 Å². The molecule has 0 N–H and O–H groups in total. The summed E-state index contributed by atoms with van der Waals surface area (Å²) in [6.45, 7) is 7.39. The molecule has 0 aromatic heterocycles. The maximum Gasteiger partial charge on any atom is -0.0169 e. The number of hydrogen-bond acceptors (Lipinski definition) is 0. The van der Waals surface area contributed by atoms with Gasteiger partial charge in [0.2, 0.25) is 0 Å². The van der Waals surface area contributed by atoms with Crippen molar-refractivity contribution in [3.63, 3.8) is 0 Å². The fourth-order valence-corrected chi connectivity index (χ4v) is 0.803. The monoisotopic (exact) mass is 187 g/mol. The third-order valence-corrected chi connectivity index (χ3v) is 1.50. The lowest BCUT2D eigenvalue weighted by Gasteiger charge is -1.79. The minimum Gasteiger partial charge on any atom is -0.103 e. The first-order chi connectivity index (χ1) is 6.91. The van der Waals surface area contributed by atoms with Crippen LogP contribution >= 0.6 is 0 Å². The van der Waals surface area contributed by atoms with Gasteiger partial charge in [-0.1, -0.05) is 61.6 Å². The second kappa shape index (κ2) is 11.7. The van der Waals surface area contributed by atoms with Crippen molar-refractivity contribution < 1.29 is 0 Å². The molecule has 0 aromatic rings. The van der Waals surface area contributed by atoms with Crippen molar-refractivity contribution in [3.8, 4) is 0 Å². The Balaban J connectivity index is 3.54. The van der Waals surface area contributed by atoms with Gasteiger partial charge in [0.25, 0.3) is 0 Å². The molecule has 75 valence electrons. The highest BCUT2D eigenvalue weighted by molar-refractivity contribution is 5.15. The highest BCUT2D eigenvalue weighted by Gasteiger charge is 1.68. The molecule has 0 unspecified atom stereocenters. The Morgan fingerprint density at radius 2 is 1.36 bits per heavy atom. The summed E-state index contributed by atoms with van der Waals surface area (Å²) < 4.78 is 0. The van der Waals surface area contributed by atoms with Gasteiger partial charge in [-0.15, -0.1) is 6.58 Å². The molecule has 0 heterocycles. The van der Waals surface area contributed by atoms with Gasteiger partial charge in [-0.2, -0.15) is 0 Å². The van der Waals surface area contributed by atoms with Crippen LogP contribution in [0.5, 0.6) is 0 Å². The van der Waals surface area contributed by atoms with Gasteiger partial charge in [0.15, 0.2) is 0 Å². The fourth-order valence-electron chi connectivity index (χ4n) is 0.803. The topological polar surface area (TPSA) is 0 Å². The summed E-state index contributed by atoms with van der Waals surface area (Å²) in [7, 11) is 0. The van der Waals surface area contributed by atoms with Gasteiger partial charge in [-0.05, 0) is 19.3 Å². The maximum absolute atomic E-state index is 3.75. The van der Waals surface area contributed by atoms with E-state index in [-0.39, 0.29) is 0 Å². The van der Waals surface area contributed by atoms with Gasteiger partial charge >= 0.3 is 0 Å². The van der Waals surface area contributed by atoms with Crippen LogP contribution in [0, 0.1) is 6.92 Å². The highest BCUT2D eigenvalue weighted by Crippen LogP contribution is 1.89. The SMILES string of the molecule is [CH2]CC/C=C/C=C/C=C/C=C/CC=C. The number of allylic oxidation sites excluding steroid dienone is 9. The summed E-state index contributed by atoms with van der Waals surface area (Å²) in [5.41, 5.74) is 0. The molecule has 0 heteroatoms. The standard InChI is InChI=1S/C14H19/c1-3-5-7-9-11-13-14-12-10-8-6-4-2/h3,7-14H,1-2,4-6H2/b9-7+,10-8+,13-11+,14-12+. The molecular weight excluding hydrogens is 168 g/mol. The summed E-state index contributed by atoms with van der Waals surface area (Å²) in [6.07, 6.45) is 21.1. The Morgan fingerprint density at radius 1 is 0.786 bits per heavy atom. The lowest BCUT2D eigenvalue weighted by molar-refractivity contribution is 1.05. The minimum absolute atomic E-state index is 0.928. The van der Waals surface area contributed by atoms with Crippen molar-refractivity contribution in [1.82, 2.24) is 0 Å². The van der Waals surface area contributed by atoms with E-state index in [4.69, 9.17) is 0 Å². The molecular formula is C14H19. The normalized spacial score (nSPS) is 12.6. The molecule has 0 aliphatic rings. The number of hydrogen-bond donors (Lipinski definition) is 0. The van der Waals surface area contributed by atoms with Crippen LogP contribution in [0.4, 0.5) is 0 Å². The van der Waals surface area contributed by atoms with Crippen LogP contribution in [0.2, 0.25) is 0 Å². The van der Waals surface area contributed by atoms with Gasteiger partial charge in [-0.25, -0.2) is 0 Å². The zero-order chi connectivity index (χ0) is 10.5. The second-order valence-corrected chi connectivity index (χ2v) is 2.79. The molecule has 0 atom stereocenters. The molecule has 0 bridgehead atoms. The average Bonchev–Trinajstić information content (AvgIpc) is 2.21. The lowest BCUT2D eigenvalue weighted by Crippen LogP contribution is -1.59. The summed E-state index contributed by atoms with van der Waals surface area (Å²) in [4.78, 5) is 0. The second-order valence-electron chi connectivity index (χ2n) is 2.79. The lowest BCUT2D eigenvalue weighted by atomic mass is 10.3. The third kappa shape index (κ3) is 10.7. The van der Waals surface area contributed by atoms with Crippen molar-refractivity contribution in [2.24, 2.45) is 0 Å². The average molecular weight is 187 g/mol. The van der Waals surface area contributed by atoms with Gasteiger partial charge in [0, 0.05) is 0 Å². The van der Waals surface area contributed by atoms with Gasteiger partial charge < -0.3 is 0 Å². The van der Waals surface area contributed by atoms with Crippen molar-refractivity contribution in [3.05, 3.63) is 68.2 Å². The molecule has 0 aromatic carbocycles. The van der Waals surface area contributed by atoms with Crippen LogP contribution in [0.15, 0.2) is 61.3 Å². The Kier molecular flexibility index (Phi) is 10.6. The van der Waals surface area contributed by atoms with E-state index in [1.54, 1.807) is 0 Å². The summed E-state index contributed by atoms with van der Waals surface area (Å²) in [5.74, 6) is 0. The molecule has 14 heavy (non-hydrogen) atoms. The maximum atomic E-state index is 3.75. The Labute approximate surface area is 88.0 Å². The van der Waals surface area contributed by atoms with E-state index in [2.05, 4.69) is 25.7 Å². The summed E-state index contributed by atoms with van der Waals surface area (Å²) in [5, 5.41) is 0. The van der Waals surface area contributed by atoms with Gasteiger partial charge in [0.05, 0.1) is 0 Å². The molecule has 1 radical (unpaired) electrons. The molecule has 0 aliphatic heterocycles. The van der Waals surface area contributed by atoms with Crippen LogP contribution in [-0.2, 0) is 0 Å². The molecule has 0 spiro atoms. The minimum atomic E-state index is 0.928. The predicted octanol–water partition coefficient (Wildman–Crippen LogP) is 4.40. The number of unbranched alkanes of at least 4 members (excludes halogenated alkanes) is 1. The van der Waals surface area contributed by atoms with Crippen molar-refractivity contribution in [2.75, 3.05) is 0 Å². The third-order valence-electron chi connectivity index (χ3n) is 1.50.